The van der Waals surface area contributed by atoms with E-state index < -0.39 is 18.1 Å². The molecular formula is C47H83NO7. The van der Waals surface area contributed by atoms with Crippen LogP contribution in [0.3, 0.4) is 0 Å². The number of carboxylic acid groups (broad SMARTS) is 1. The Kier molecular flexibility index (Phi) is 36.3. The third kappa shape index (κ3) is 36.7. The quantitative estimate of drug-likeness (QED) is 0.0201. The van der Waals surface area contributed by atoms with Crippen molar-refractivity contribution in [3.8, 4) is 0 Å². The minimum absolute atomic E-state index is 0.0342. The molecule has 2 atom stereocenters. The molecule has 0 rings (SSSR count). The van der Waals surface area contributed by atoms with E-state index in [0.29, 0.717) is 12.8 Å². The lowest BCUT2D eigenvalue weighted by Gasteiger charge is -2.34. The molecule has 0 aliphatic carbocycles. The summed E-state index contributed by atoms with van der Waals surface area (Å²) >= 11 is 0. The molecule has 0 bridgehead atoms. The number of hydrogen-bond donors (Lipinski definition) is 0. The molecule has 0 saturated carbocycles. The molecule has 2 unspecified atom stereocenters. The van der Waals surface area contributed by atoms with Crippen LogP contribution in [0.15, 0.2) is 48.6 Å². The maximum atomic E-state index is 12.7. The Hall–Kier alpha value is -2.71. The Balaban J connectivity index is 4.32. The van der Waals surface area contributed by atoms with Gasteiger partial charge in [-0.2, -0.15) is 0 Å². The Morgan fingerprint density at radius 3 is 1.60 bits per heavy atom. The van der Waals surface area contributed by atoms with Crippen molar-refractivity contribution in [3.05, 3.63) is 48.6 Å². The molecule has 0 N–H and O–H groups in total. The van der Waals surface area contributed by atoms with Crippen LogP contribution in [-0.2, 0) is 28.6 Å². The summed E-state index contributed by atoms with van der Waals surface area (Å²) in [4.78, 5) is 36.8. The van der Waals surface area contributed by atoms with Crippen LogP contribution in [0.5, 0.6) is 0 Å². The van der Waals surface area contributed by atoms with Crippen molar-refractivity contribution in [2.75, 3.05) is 41.0 Å². The summed E-state index contributed by atoms with van der Waals surface area (Å²) in [6, 6.07) is -0.728. The minimum Gasteiger partial charge on any atom is -0.544 e. The van der Waals surface area contributed by atoms with E-state index in [-0.39, 0.29) is 42.7 Å². The number of unbranched alkanes of at least 4 members (excludes halogenated alkanes) is 18. The standard InChI is InChI=1S/C47H83NO7/c1-6-8-10-12-14-16-18-20-21-22-23-24-25-26-28-30-32-34-36-38-46(50)55-43(41-53-40-39-44(47(51)52)48(3,4)5)42-54-45(49)37-35-33-31-29-27-19-17-15-13-11-9-7-2/h9,11,14-18,20,43-44H,6-8,10,12-13,19,21-42H2,1-5H3/b11-9+,16-14+,17-15+,20-18+. The molecule has 0 fully saturated rings. The fourth-order valence-electron chi connectivity index (χ4n) is 6.28. The highest BCUT2D eigenvalue weighted by atomic mass is 16.6. The fraction of sp³-hybridized carbons (Fsp3) is 0.766. The fourth-order valence-corrected chi connectivity index (χ4v) is 6.28. The minimum atomic E-state index is -1.13. The van der Waals surface area contributed by atoms with E-state index in [0.717, 1.165) is 70.6 Å². The Morgan fingerprint density at radius 2 is 1.07 bits per heavy atom. The van der Waals surface area contributed by atoms with Crippen molar-refractivity contribution in [1.29, 1.82) is 0 Å². The summed E-state index contributed by atoms with van der Waals surface area (Å²) in [5.74, 6) is -1.76. The molecule has 55 heavy (non-hydrogen) atoms. The lowest BCUT2D eigenvalue weighted by atomic mass is 10.1. The molecule has 8 nitrogen and oxygen atoms in total. The molecule has 0 radical (unpaired) electrons. The van der Waals surface area contributed by atoms with Gasteiger partial charge in [0, 0.05) is 19.3 Å². The number of aliphatic carboxylic acids is 1. The largest absolute Gasteiger partial charge is 0.544 e. The van der Waals surface area contributed by atoms with E-state index in [1.54, 1.807) is 21.1 Å². The predicted octanol–water partition coefficient (Wildman–Crippen LogP) is 10.7. The van der Waals surface area contributed by atoms with Crippen LogP contribution in [0.25, 0.3) is 0 Å². The second-order valence-corrected chi connectivity index (χ2v) is 15.9. The molecular weight excluding hydrogens is 691 g/mol. The second kappa shape index (κ2) is 38.2. The molecule has 0 aromatic carbocycles. The van der Waals surface area contributed by atoms with Crippen molar-refractivity contribution >= 4 is 17.9 Å². The number of carbonyl (C=O) groups is 3. The van der Waals surface area contributed by atoms with E-state index in [9.17, 15) is 19.5 Å². The molecule has 0 aliphatic rings. The number of ether oxygens (including phenoxy) is 3. The lowest BCUT2D eigenvalue weighted by molar-refractivity contribution is -0.889. The van der Waals surface area contributed by atoms with E-state index >= 15 is 0 Å². The summed E-state index contributed by atoms with van der Waals surface area (Å²) in [5, 5.41) is 11.6. The first-order chi connectivity index (χ1) is 26.6. The van der Waals surface area contributed by atoms with Gasteiger partial charge in [-0.05, 0) is 64.2 Å². The maximum Gasteiger partial charge on any atom is 0.306 e. The SMILES string of the molecule is CC/C=C/C/C=C/CCCCCCCC(=O)OCC(COCCC(C(=O)[O-])[N+](C)(C)C)OC(=O)CCCCCCCCCCCC/C=C/C=C/CCCCC. The van der Waals surface area contributed by atoms with Gasteiger partial charge in [0.25, 0.3) is 0 Å². The average molecular weight is 774 g/mol. The van der Waals surface area contributed by atoms with Crippen LogP contribution < -0.4 is 5.11 Å². The van der Waals surface area contributed by atoms with Crippen molar-refractivity contribution in [2.24, 2.45) is 0 Å². The highest BCUT2D eigenvalue weighted by Crippen LogP contribution is 2.14. The third-order valence-corrected chi connectivity index (χ3v) is 9.73. The lowest BCUT2D eigenvalue weighted by Crippen LogP contribution is -2.55. The van der Waals surface area contributed by atoms with Crippen molar-refractivity contribution in [2.45, 2.75) is 193 Å². The average Bonchev–Trinajstić information content (AvgIpc) is 3.14. The number of nitrogens with zero attached hydrogens (tertiary/aromatic N) is 1. The number of likely N-dealkylation sites (N-methyl/N-ethyl adjacent to an activating group) is 1. The van der Waals surface area contributed by atoms with E-state index in [4.69, 9.17) is 14.2 Å². The molecule has 0 spiro atoms. The smallest absolute Gasteiger partial charge is 0.306 e. The summed E-state index contributed by atoms with van der Waals surface area (Å²) in [6.45, 7) is 4.50. The zero-order chi connectivity index (χ0) is 40.7. The topological polar surface area (TPSA) is 102 Å². The van der Waals surface area contributed by atoms with Crippen LogP contribution in [0.2, 0.25) is 0 Å². The van der Waals surface area contributed by atoms with Gasteiger partial charge in [-0.3, -0.25) is 9.59 Å². The summed E-state index contributed by atoms with van der Waals surface area (Å²) < 4.78 is 17.1. The van der Waals surface area contributed by atoms with Crippen LogP contribution in [0.4, 0.5) is 0 Å². The first kappa shape index (κ1) is 52.3. The number of esters is 2. The second-order valence-electron chi connectivity index (χ2n) is 15.9. The molecule has 0 aliphatic heterocycles. The van der Waals surface area contributed by atoms with Crippen LogP contribution >= 0.6 is 0 Å². The van der Waals surface area contributed by atoms with Gasteiger partial charge in [0.05, 0.1) is 40.3 Å². The highest BCUT2D eigenvalue weighted by molar-refractivity contribution is 5.70. The first-order valence-corrected chi connectivity index (χ1v) is 22.2. The molecule has 318 valence electrons. The molecule has 0 aromatic heterocycles. The van der Waals surface area contributed by atoms with Crippen LogP contribution in [0.1, 0.15) is 181 Å². The van der Waals surface area contributed by atoms with Gasteiger partial charge in [0.2, 0.25) is 0 Å². The number of carbonyl (C=O) groups excluding carboxylic acids is 3. The molecule has 0 saturated heterocycles. The van der Waals surface area contributed by atoms with Crippen molar-refractivity contribution < 1.29 is 38.2 Å². The predicted molar refractivity (Wildman–Crippen MR) is 226 cm³/mol. The van der Waals surface area contributed by atoms with E-state index in [1.165, 1.54) is 77.0 Å². The number of rotatable bonds is 39. The molecule has 0 amide bonds. The van der Waals surface area contributed by atoms with Gasteiger partial charge >= 0.3 is 11.9 Å². The van der Waals surface area contributed by atoms with Gasteiger partial charge < -0.3 is 28.6 Å². The molecule has 0 heterocycles. The normalized spacial score (nSPS) is 13.4. The van der Waals surface area contributed by atoms with Crippen LogP contribution in [0, 0.1) is 0 Å². The summed E-state index contributed by atoms with van der Waals surface area (Å²) in [6.07, 6.45) is 44.2. The van der Waals surface area contributed by atoms with E-state index in [1.807, 2.05) is 0 Å². The first-order valence-electron chi connectivity index (χ1n) is 22.2. The van der Waals surface area contributed by atoms with Gasteiger partial charge in [0.15, 0.2) is 6.10 Å². The molecule has 0 aromatic rings. The summed E-state index contributed by atoms with van der Waals surface area (Å²) in [7, 11) is 5.40. The highest BCUT2D eigenvalue weighted by Gasteiger charge is 2.25. The van der Waals surface area contributed by atoms with Gasteiger partial charge in [-0.25, -0.2) is 0 Å². The Morgan fingerprint density at radius 1 is 0.582 bits per heavy atom. The zero-order valence-corrected chi connectivity index (χ0v) is 36.1. The van der Waals surface area contributed by atoms with Gasteiger partial charge in [-0.15, -0.1) is 0 Å². The van der Waals surface area contributed by atoms with Crippen LogP contribution in [-0.4, -0.2) is 75.5 Å². The van der Waals surface area contributed by atoms with Gasteiger partial charge in [0.1, 0.15) is 12.6 Å². The van der Waals surface area contributed by atoms with Gasteiger partial charge in [-0.1, -0.05) is 146 Å². The zero-order valence-electron chi connectivity index (χ0n) is 36.1. The number of carboxylic acids is 1. The maximum absolute atomic E-state index is 12.7. The number of hydrogen-bond acceptors (Lipinski definition) is 7. The third-order valence-electron chi connectivity index (χ3n) is 9.73. The number of quaternary nitrogens is 1. The van der Waals surface area contributed by atoms with Crippen molar-refractivity contribution in [3.63, 3.8) is 0 Å². The monoisotopic (exact) mass is 774 g/mol. The number of allylic oxidation sites excluding steroid dienone is 8. The Bertz CT molecular complexity index is 1040. The van der Waals surface area contributed by atoms with Crippen molar-refractivity contribution in [1.82, 2.24) is 0 Å². The summed E-state index contributed by atoms with van der Waals surface area (Å²) in [5.41, 5.74) is 0. The molecule has 8 heteroatoms. The van der Waals surface area contributed by atoms with E-state index in [2.05, 4.69) is 62.5 Å². The Labute approximate surface area is 337 Å².